The Morgan fingerprint density at radius 3 is 2.33 bits per heavy atom. The Hall–Kier alpha value is -1.84. The largest absolute Gasteiger partial charge is 0.508 e. The number of hydrogen-bond acceptors (Lipinski definition) is 2. The first-order valence-corrected chi connectivity index (χ1v) is 5.64. The lowest BCUT2D eigenvalue weighted by Crippen LogP contribution is -1.98. The molecule has 0 amide bonds. The molecule has 0 saturated heterocycles. The van der Waals surface area contributed by atoms with Gasteiger partial charge in [-0.2, -0.15) is 0 Å². The molecule has 18 heavy (non-hydrogen) atoms. The van der Waals surface area contributed by atoms with Crippen LogP contribution in [-0.4, -0.2) is 12.2 Å². The maximum absolute atomic E-state index is 13.8. The fraction of sp³-hybridized carbons (Fsp3) is 0.286. The van der Waals surface area contributed by atoms with Crippen LogP contribution in [0.15, 0.2) is 18.2 Å². The van der Waals surface area contributed by atoms with Gasteiger partial charge in [0.15, 0.2) is 11.6 Å². The maximum atomic E-state index is 13.8. The third-order valence-corrected chi connectivity index (χ3v) is 2.93. The highest BCUT2D eigenvalue weighted by molar-refractivity contribution is 5.93. The van der Waals surface area contributed by atoms with Crippen LogP contribution in [0.2, 0.25) is 0 Å². The van der Waals surface area contributed by atoms with Crippen molar-refractivity contribution in [2.45, 2.75) is 19.8 Å². The molecule has 0 fully saturated rings. The molecule has 2 rings (SSSR count). The summed E-state index contributed by atoms with van der Waals surface area (Å²) in [7, 11) is 1.34. The Labute approximate surface area is 104 Å². The van der Waals surface area contributed by atoms with E-state index in [9.17, 15) is 13.9 Å². The smallest absolute Gasteiger partial charge is 0.168 e. The van der Waals surface area contributed by atoms with Crippen molar-refractivity contribution in [1.29, 1.82) is 0 Å². The molecule has 1 N–H and O–H groups in total. The van der Waals surface area contributed by atoms with Gasteiger partial charge in [0.2, 0.25) is 0 Å². The normalized spacial score (nSPS) is 11.2. The standard InChI is InChI=1S/C14H14F2O2/c1-7(2)9-4-8(17)5-10-11(15)6-12(16)14(18-3)13(9)10/h4-7,17H,1-3H3. The van der Waals surface area contributed by atoms with Crippen LogP contribution in [0.5, 0.6) is 11.5 Å². The zero-order chi connectivity index (χ0) is 13.4. The Bertz CT molecular complexity index is 607. The van der Waals surface area contributed by atoms with E-state index in [2.05, 4.69) is 0 Å². The van der Waals surface area contributed by atoms with Crippen LogP contribution in [-0.2, 0) is 0 Å². The van der Waals surface area contributed by atoms with Gasteiger partial charge < -0.3 is 9.84 Å². The fourth-order valence-electron chi connectivity index (χ4n) is 2.12. The highest BCUT2D eigenvalue weighted by Gasteiger charge is 2.18. The van der Waals surface area contributed by atoms with Gasteiger partial charge in [-0.25, -0.2) is 8.78 Å². The first-order chi connectivity index (χ1) is 8.45. The summed E-state index contributed by atoms with van der Waals surface area (Å²) in [6, 6.07) is 3.55. The molecule has 0 aliphatic rings. The number of ether oxygens (including phenoxy) is 1. The van der Waals surface area contributed by atoms with E-state index in [0.29, 0.717) is 10.9 Å². The summed E-state index contributed by atoms with van der Waals surface area (Å²) in [5.74, 6) is -1.47. The minimum absolute atomic E-state index is 0.00898. The summed E-state index contributed by atoms with van der Waals surface area (Å²) in [5, 5.41) is 10.2. The molecular weight excluding hydrogens is 238 g/mol. The van der Waals surface area contributed by atoms with Gasteiger partial charge in [0, 0.05) is 16.8 Å². The third kappa shape index (κ3) is 1.88. The molecule has 0 aliphatic carbocycles. The van der Waals surface area contributed by atoms with Crippen molar-refractivity contribution in [1.82, 2.24) is 0 Å². The molecule has 0 aliphatic heterocycles. The molecule has 0 aromatic heterocycles. The Morgan fingerprint density at radius 2 is 1.78 bits per heavy atom. The topological polar surface area (TPSA) is 29.5 Å². The number of phenols is 1. The van der Waals surface area contributed by atoms with Gasteiger partial charge in [0.25, 0.3) is 0 Å². The minimum Gasteiger partial charge on any atom is -0.508 e. The predicted molar refractivity (Wildman–Crippen MR) is 66.2 cm³/mol. The van der Waals surface area contributed by atoms with Crippen LogP contribution in [0.25, 0.3) is 10.8 Å². The highest BCUT2D eigenvalue weighted by atomic mass is 19.1. The molecule has 96 valence electrons. The van der Waals surface area contributed by atoms with Gasteiger partial charge >= 0.3 is 0 Å². The lowest BCUT2D eigenvalue weighted by molar-refractivity contribution is 0.389. The zero-order valence-corrected chi connectivity index (χ0v) is 10.4. The van der Waals surface area contributed by atoms with Crippen molar-refractivity contribution in [2.75, 3.05) is 7.11 Å². The number of hydrogen-bond donors (Lipinski definition) is 1. The summed E-state index contributed by atoms with van der Waals surface area (Å²) in [6.07, 6.45) is 0. The first-order valence-electron chi connectivity index (χ1n) is 5.64. The van der Waals surface area contributed by atoms with Gasteiger partial charge in [-0.05, 0) is 23.6 Å². The van der Waals surface area contributed by atoms with Crippen LogP contribution in [0.1, 0.15) is 25.3 Å². The summed E-state index contributed by atoms with van der Waals surface area (Å²) < 4.78 is 32.5. The van der Waals surface area contributed by atoms with Crippen molar-refractivity contribution in [3.05, 3.63) is 35.4 Å². The van der Waals surface area contributed by atoms with Crippen molar-refractivity contribution in [2.24, 2.45) is 0 Å². The van der Waals surface area contributed by atoms with Crippen LogP contribution in [0.4, 0.5) is 8.78 Å². The van der Waals surface area contributed by atoms with E-state index in [1.165, 1.54) is 19.2 Å². The Kier molecular flexibility index (Phi) is 3.11. The number of benzene rings is 2. The average molecular weight is 252 g/mol. The Morgan fingerprint density at radius 1 is 1.11 bits per heavy atom. The van der Waals surface area contributed by atoms with E-state index in [4.69, 9.17) is 4.74 Å². The van der Waals surface area contributed by atoms with E-state index in [1.54, 1.807) is 0 Å². The molecule has 0 heterocycles. The van der Waals surface area contributed by atoms with Crippen LogP contribution < -0.4 is 4.74 Å². The quantitative estimate of drug-likeness (QED) is 0.876. The minimum atomic E-state index is -0.741. The van der Waals surface area contributed by atoms with Crippen LogP contribution in [0, 0.1) is 11.6 Å². The van der Waals surface area contributed by atoms with Crippen molar-refractivity contribution in [3.63, 3.8) is 0 Å². The molecule has 0 unspecified atom stereocenters. The van der Waals surface area contributed by atoms with Gasteiger partial charge in [0.05, 0.1) is 7.11 Å². The number of halogens is 2. The summed E-state index contributed by atoms with van der Waals surface area (Å²) >= 11 is 0. The second-order valence-electron chi connectivity index (χ2n) is 4.49. The zero-order valence-electron chi connectivity index (χ0n) is 10.4. The summed E-state index contributed by atoms with van der Waals surface area (Å²) in [6.45, 7) is 3.77. The number of phenolic OH excluding ortho intramolecular Hbond substituents is 1. The second kappa shape index (κ2) is 4.44. The molecular formula is C14H14F2O2. The maximum Gasteiger partial charge on any atom is 0.168 e. The molecule has 0 saturated carbocycles. The number of methoxy groups -OCH3 is 1. The van der Waals surface area contributed by atoms with Gasteiger partial charge in [-0.15, -0.1) is 0 Å². The number of rotatable bonds is 2. The molecule has 0 atom stereocenters. The SMILES string of the molecule is COc1c(F)cc(F)c2cc(O)cc(C(C)C)c12. The summed E-state index contributed by atoms with van der Waals surface area (Å²) in [4.78, 5) is 0. The van der Waals surface area contributed by atoms with Gasteiger partial charge in [-0.3, -0.25) is 0 Å². The molecule has 4 heteroatoms. The van der Waals surface area contributed by atoms with Crippen LogP contribution >= 0.6 is 0 Å². The first kappa shape index (κ1) is 12.6. The predicted octanol–water partition coefficient (Wildman–Crippen LogP) is 3.96. The van der Waals surface area contributed by atoms with E-state index in [1.807, 2.05) is 13.8 Å². The molecule has 0 spiro atoms. The van der Waals surface area contributed by atoms with Gasteiger partial charge in [0.1, 0.15) is 11.6 Å². The van der Waals surface area contributed by atoms with Crippen molar-refractivity contribution >= 4 is 10.8 Å². The van der Waals surface area contributed by atoms with E-state index in [0.717, 1.165) is 6.07 Å². The van der Waals surface area contributed by atoms with E-state index >= 15 is 0 Å². The number of fused-ring (bicyclic) bond motifs is 1. The van der Waals surface area contributed by atoms with E-state index in [-0.39, 0.29) is 22.8 Å². The van der Waals surface area contributed by atoms with Gasteiger partial charge in [-0.1, -0.05) is 13.8 Å². The fourth-order valence-corrected chi connectivity index (χ4v) is 2.12. The molecule has 2 aromatic carbocycles. The lowest BCUT2D eigenvalue weighted by atomic mass is 9.94. The molecule has 0 bridgehead atoms. The second-order valence-corrected chi connectivity index (χ2v) is 4.49. The Balaban J connectivity index is 2.99. The van der Waals surface area contributed by atoms with E-state index < -0.39 is 11.6 Å². The lowest BCUT2D eigenvalue weighted by Gasteiger charge is -2.15. The third-order valence-electron chi connectivity index (χ3n) is 2.93. The molecule has 2 aromatic rings. The average Bonchev–Trinajstić information content (AvgIpc) is 2.29. The molecule has 0 radical (unpaired) electrons. The monoisotopic (exact) mass is 252 g/mol. The van der Waals surface area contributed by atoms with Crippen molar-refractivity contribution in [3.8, 4) is 11.5 Å². The van der Waals surface area contributed by atoms with Crippen LogP contribution in [0.3, 0.4) is 0 Å². The number of aromatic hydroxyl groups is 1. The molecule has 2 nitrogen and oxygen atoms in total. The summed E-state index contributed by atoms with van der Waals surface area (Å²) in [5.41, 5.74) is 0.653. The van der Waals surface area contributed by atoms with Crippen molar-refractivity contribution < 1.29 is 18.6 Å². The highest BCUT2D eigenvalue weighted by Crippen LogP contribution is 2.38.